The third kappa shape index (κ3) is 2.31. The van der Waals surface area contributed by atoms with Crippen molar-refractivity contribution < 1.29 is 9.84 Å². The van der Waals surface area contributed by atoms with E-state index in [-0.39, 0.29) is 11.4 Å². The summed E-state index contributed by atoms with van der Waals surface area (Å²) in [6.07, 6.45) is 3.37. The van der Waals surface area contributed by atoms with Crippen LogP contribution in [0.15, 0.2) is 23.1 Å². The van der Waals surface area contributed by atoms with Gasteiger partial charge in [-0.05, 0) is 31.0 Å². The lowest BCUT2D eigenvalue weighted by Crippen LogP contribution is -2.37. The van der Waals surface area contributed by atoms with Crippen molar-refractivity contribution in [2.45, 2.75) is 28.9 Å². The van der Waals surface area contributed by atoms with Gasteiger partial charge in [0.15, 0.2) is 0 Å². The number of hydrogen-bond acceptors (Lipinski definition) is 3. The Labute approximate surface area is 105 Å². The zero-order valence-corrected chi connectivity index (χ0v) is 10.8. The minimum absolute atomic E-state index is 0.0257. The normalized spacial score (nSPS) is 17.9. The fourth-order valence-corrected chi connectivity index (χ4v) is 3.52. The number of rotatable bonds is 4. The molecular weight excluding hydrogens is 244 g/mol. The van der Waals surface area contributed by atoms with Gasteiger partial charge in [0.25, 0.3) is 0 Å². The van der Waals surface area contributed by atoms with E-state index in [4.69, 9.17) is 16.3 Å². The minimum atomic E-state index is 0.0257. The topological polar surface area (TPSA) is 29.5 Å². The fourth-order valence-electron chi connectivity index (χ4n) is 1.82. The number of aliphatic hydroxyl groups is 1. The molecule has 0 bridgehead atoms. The van der Waals surface area contributed by atoms with Gasteiger partial charge in [-0.15, -0.1) is 11.8 Å². The van der Waals surface area contributed by atoms with E-state index >= 15 is 0 Å². The van der Waals surface area contributed by atoms with Crippen LogP contribution < -0.4 is 4.74 Å². The molecule has 16 heavy (non-hydrogen) atoms. The van der Waals surface area contributed by atoms with E-state index in [9.17, 15) is 5.11 Å². The number of thioether (sulfide) groups is 1. The summed E-state index contributed by atoms with van der Waals surface area (Å²) in [5, 5.41) is 10.0. The van der Waals surface area contributed by atoms with Crippen molar-refractivity contribution in [2.24, 2.45) is 0 Å². The lowest BCUT2D eigenvalue weighted by atomic mass is 9.85. The van der Waals surface area contributed by atoms with Gasteiger partial charge in [-0.2, -0.15) is 0 Å². The Morgan fingerprint density at radius 3 is 2.69 bits per heavy atom. The average Bonchev–Trinajstić information content (AvgIpc) is 2.24. The lowest BCUT2D eigenvalue weighted by molar-refractivity contribution is 0.191. The van der Waals surface area contributed by atoms with E-state index in [1.165, 1.54) is 6.42 Å². The predicted molar refractivity (Wildman–Crippen MR) is 67.5 cm³/mol. The first-order valence-corrected chi connectivity index (χ1v) is 6.52. The molecule has 88 valence electrons. The molecule has 1 aromatic rings. The van der Waals surface area contributed by atoms with E-state index in [1.54, 1.807) is 18.9 Å². The van der Waals surface area contributed by atoms with E-state index in [2.05, 4.69) is 0 Å². The smallest absolute Gasteiger partial charge is 0.137 e. The molecular formula is C12H15ClO2S. The maximum Gasteiger partial charge on any atom is 0.137 e. The van der Waals surface area contributed by atoms with Crippen molar-refractivity contribution in [2.75, 3.05) is 13.7 Å². The maximum absolute atomic E-state index is 9.39. The third-order valence-corrected chi connectivity index (χ3v) is 4.77. The minimum Gasteiger partial charge on any atom is -0.495 e. The molecule has 0 spiro atoms. The molecule has 2 nitrogen and oxygen atoms in total. The van der Waals surface area contributed by atoms with Crippen LogP contribution in [0.1, 0.15) is 19.3 Å². The molecule has 1 aliphatic carbocycles. The van der Waals surface area contributed by atoms with Crippen LogP contribution in [0.4, 0.5) is 0 Å². The quantitative estimate of drug-likeness (QED) is 0.898. The molecule has 1 aliphatic rings. The van der Waals surface area contributed by atoms with Crippen LogP contribution in [-0.2, 0) is 0 Å². The zero-order chi connectivity index (χ0) is 11.6. The van der Waals surface area contributed by atoms with Gasteiger partial charge in [-0.1, -0.05) is 18.0 Å². The Hall–Kier alpha value is -0.380. The molecule has 0 unspecified atom stereocenters. The van der Waals surface area contributed by atoms with Gasteiger partial charge in [0, 0.05) is 9.64 Å². The van der Waals surface area contributed by atoms with E-state index in [0.29, 0.717) is 10.8 Å². The van der Waals surface area contributed by atoms with Gasteiger partial charge in [0.1, 0.15) is 5.75 Å². The molecule has 0 radical (unpaired) electrons. The highest BCUT2D eigenvalue weighted by molar-refractivity contribution is 8.00. The SMILES string of the molecule is COc1ccc(SC2(CO)CCC2)cc1Cl. The summed E-state index contributed by atoms with van der Waals surface area (Å²) < 4.78 is 5.13. The van der Waals surface area contributed by atoms with E-state index in [0.717, 1.165) is 17.7 Å². The Morgan fingerprint density at radius 1 is 1.50 bits per heavy atom. The van der Waals surface area contributed by atoms with Crippen LogP contribution in [-0.4, -0.2) is 23.6 Å². The second-order valence-electron chi connectivity index (χ2n) is 4.09. The van der Waals surface area contributed by atoms with Crippen LogP contribution in [0.5, 0.6) is 5.75 Å². The zero-order valence-electron chi connectivity index (χ0n) is 9.20. The van der Waals surface area contributed by atoms with Crippen molar-refractivity contribution in [3.8, 4) is 5.75 Å². The highest BCUT2D eigenvalue weighted by atomic mass is 35.5. The van der Waals surface area contributed by atoms with Crippen LogP contribution >= 0.6 is 23.4 Å². The van der Waals surface area contributed by atoms with Crippen molar-refractivity contribution in [1.82, 2.24) is 0 Å². The van der Waals surface area contributed by atoms with Crippen LogP contribution in [0.2, 0.25) is 5.02 Å². The van der Waals surface area contributed by atoms with E-state index < -0.39 is 0 Å². The first-order chi connectivity index (χ1) is 7.69. The Bertz CT molecular complexity index is 372. The molecule has 0 aromatic heterocycles. The number of methoxy groups -OCH3 is 1. The summed E-state index contributed by atoms with van der Waals surface area (Å²) in [6, 6.07) is 5.76. The van der Waals surface area contributed by atoms with Gasteiger partial charge in [0.05, 0.1) is 18.7 Å². The van der Waals surface area contributed by atoms with Gasteiger partial charge >= 0.3 is 0 Å². The molecule has 1 aromatic carbocycles. The summed E-state index contributed by atoms with van der Waals surface area (Å²) >= 11 is 7.78. The first-order valence-electron chi connectivity index (χ1n) is 5.32. The van der Waals surface area contributed by atoms with E-state index in [1.807, 2.05) is 18.2 Å². The van der Waals surface area contributed by atoms with Crippen LogP contribution in [0.25, 0.3) is 0 Å². The van der Waals surface area contributed by atoms with Crippen molar-refractivity contribution in [3.05, 3.63) is 23.2 Å². The number of ether oxygens (including phenoxy) is 1. The largest absolute Gasteiger partial charge is 0.495 e. The summed E-state index contributed by atoms with van der Waals surface area (Å²) in [5.41, 5.74) is 0. The number of benzene rings is 1. The standard InChI is InChI=1S/C12H15ClO2S/c1-15-11-4-3-9(7-10(11)13)16-12(8-14)5-2-6-12/h3-4,7,14H,2,5-6,8H2,1H3. The Morgan fingerprint density at radius 2 is 2.25 bits per heavy atom. The highest BCUT2D eigenvalue weighted by Crippen LogP contribution is 2.48. The van der Waals surface area contributed by atoms with Crippen molar-refractivity contribution in [3.63, 3.8) is 0 Å². The molecule has 1 saturated carbocycles. The van der Waals surface area contributed by atoms with Gasteiger partial charge in [-0.3, -0.25) is 0 Å². The predicted octanol–water partition coefficient (Wildman–Crippen LogP) is 3.36. The third-order valence-electron chi connectivity index (χ3n) is 3.01. The van der Waals surface area contributed by atoms with Crippen molar-refractivity contribution >= 4 is 23.4 Å². The molecule has 0 heterocycles. The summed E-state index contributed by atoms with van der Waals surface area (Å²) in [7, 11) is 1.61. The molecule has 0 amide bonds. The fraction of sp³-hybridized carbons (Fsp3) is 0.500. The number of hydrogen-bond donors (Lipinski definition) is 1. The number of aliphatic hydroxyl groups excluding tert-OH is 1. The first kappa shape index (κ1) is 12.1. The van der Waals surface area contributed by atoms with Crippen LogP contribution in [0.3, 0.4) is 0 Å². The van der Waals surface area contributed by atoms with Gasteiger partial charge in [-0.25, -0.2) is 0 Å². The molecule has 1 fully saturated rings. The Balaban J connectivity index is 2.13. The number of halogens is 1. The summed E-state index contributed by atoms with van der Waals surface area (Å²) in [5.74, 6) is 0.692. The molecule has 0 aliphatic heterocycles. The summed E-state index contributed by atoms with van der Waals surface area (Å²) in [4.78, 5) is 1.10. The van der Waals surface area contributed by atoms with Gasteiger partial charge < -0.3 is 9.84 Å². The molecule has 2 rings (SSSR count). The average molecular weight is 259 g/mol. The molecule has 1 N–H and O–H groups in total. The molecule has 0 saturated heterocycles. The van der Waals surface area contributed by atoms with Crippen molar-refractivity contribution in [1.29, 1.82) is 0 Å². The lowest BCUT2D eigenvalue weighted by Gasteiger charge is -2.39. The highest BCUT2D eigenvalue weighted by Gasteiger charge is 2.37. The van der Waals surface area contributed by atoms with Gasteiger partial charge in [0.2, 0.25) is 0 Å². The Kier molecular flexibility index (Phi) is 3.67. The summed E-state index contributed by atoms with van der Waals surface area (Å²) in [6.45, 7) is 0.237. The monoisotopic (exact) mass is 258 g/mol. The maximum atomic E-state index is 9.39. The molecule has 0 atom stereocenters. The second-order valence-corrected chi connectivity index (χ2v) is 6.04. The second kappa shape index (κ2) is 4.86. The molecule has 4 heteroatoms. The van der Waals surface area contributed by atoms with Crippen LogP contribution in [0, 0.1) is 0 Å².